The molecule has 1 atom stereocenters. The van der Waals surface area contributed by atoms with Crippen LogP contribution in [0.4, 0.5) is 0 Å². The van der Waals surface area contributed by atoms with E-state index in [4.69, 9.17) is 0 Å². The molecule has 2 nitrogen and oxygen atoms in total. The monoisotopic (exact) mass is 261 g/mol. The quantitative estimate of drug-likeness (QED) is 0.830. The van der Waals surface area contributed by atoms with Crippen molar-refractivity contribution >= 4 is 14.0 Å². The lowest BCUT2D eigenvalue weighted by molar-refractivity contribution is -0.123. The molecule has 0 radical (unpaired) electrons. The van der Waals surface area contributed by atoms with E-state index in [1.165, 1.54) is 17.2 Å². The Bertz CT molecular complexity index is 419. The van der Waals surface area contributed by atoms with Crippen molar-refractivity contribution in [3.63, 3.8) is 0 Å². The van der Waals surface area contributed by atoms with E-state index in [-0.39, 0.29) is 11.9 Å². The van der Waals surface area contributed by atoms with Gasteiger partial charge in [-0.15, -0.1) is 0 Å². The van der Waals surface area contributed by atoms with Gasteiger partial charge in [0.15, 0.2) is 0 Å². The molecule has 1 amide bonds. The zero-order valence-electron chi connectivity index (χ0n) is 11.6. The number of benzene rings is 1. The summed E-state index contributed by atoms with van der Waals surface area (Å²) in [5.41, 5.74) is 2.68. The van der Waals surface area contributed by atoms with E-state index in [1.54, 1.807) is 0 Å². The number of carbonyl (C=O) groups is 1. The minimum Gasteiger partial charge on any atom is -0.349 e. The van der Waals surface area contributed by atoms with Crippen LogP contribution < -0.4 is 5.32 Å². The molecule has 1 aliphatic heterocycles. The van der Waals surface area contributed by atoms with Crippen LogP contribution in [0.15, 0.2) is 24.3 Å². The van der Waals surface area contributed by atoms with Crippen LogP contribution in [0.1, 0.15) is 36.4 Å². The van der Waals surface area contributed by atoms with E-state index in [9.17, 15) is 4.79 Å². The van der Waals surface area contributed by atoms with Gasteiger partial charge in [0.2, 0.25) is 5.91 Å². The molecule has 0 bridgehead atoms. The molecule has 1 aliphatic rings. The van der Waals surface area contributed by atoms with Gasteiger partial charge >= 0.3 is 0 Å². The molecule has 1 N–H and O–H groups in total. The zero-order valence-corrected chi connectivity index (χ0v) is 12.6. The molecule has 1 fully saturated rings. The third-order valence-corrected chi connectivity index (χ3v) is 4.82. The molecule has 1 heterocycles. The second-order valence-corrected chi connectivity index (χ2v) is 12.0. The molecule has 98 valence electrons. The predicted octanol–water partition coefficient (Wildman–Crippen LogP) is 3.45. The Morgan fingerprint density at radius 3 is 2.44 bits per heavy atom. The summed E-state index contributed by atoms with van der Waals surface area (Å²) >= 11 is 0. The van der Waals surface area contributed by atoms with Gasteiger partial charge in [-0.25, -0.2) is 0 Å². The first-order valence-corrected chi connectivity index (χ1v) is 10.5. The second-order valence-electron chi connectivity index (χ2n) is 6.49. The molecule has 0 saturated carbocycles. The second kappa shape index (κ2) is 5.27. The van der Waals surface area contributed by atoms with E-state index in [1.807, 2.05) is 0 Å². The summed E-state index contributed by atoms with van der Waals surface area (Å²) in [5, 5.41) is 3.07. The fraction of sp³-hybridized carbons (Fsp3) is 0.533. The van der Waals surface area contributed by atoms with Gasteiger partial charge in [-0.1, -0.05) is 49.5 Å². The maximum absolute atomic E-state index is 11.4. The minimum absolute atomic E-state index is 0.192. The summed E-state index contributed by atoms with van der Waals surface area (Å²) in [4.78, 5) is 11.4. The highest BCUT2D eigenvalue weighted by Crippen LogP contribution is 2.24. The number of piperidine rings is 1. The van der Waals surface area contributed by atoms with E-state index >= 15 is 0 Å². The molecule has 18 heavy (non-hydrogen) atoms. The molecule has 1 saturated heterocycles. The lowest BCUT2D eigenvalue weighted by atomic mass is 9.96. The minimum atomic E-state index is -1.04. The summed E-state index contributed by atoms with van der Waals surface area (Å²) in [7, 11) is -1.04. The summed E-state index contributed by atoms with van der Waals surface area (Å²) in [6, 6.07) is 10.3. The fourth-order valence-electron chi connectivity index (χ4n) is 2.54. The first kappa shape index (κ1) is 13.3. The molecular formula is C15H23NOSi. The van der Waals surface area contributed by atoms with Crippen LogP contribution in [-0.4, -0.2) is 14.0 Å². The van der Waals surface area contributed by atoms with Crippen molar-refractivity contribution in [3.05, 3.63) is 35.4 Å². The molecule has 1 aromatic rings. The van der Waals surface area contributed by atoms with Crippen LogP contribution in [0.5, 0.6) is 0 Å². The van der Waals surface area contributed by atoms with Gasteiger partial charge in [0.05, 0.1) is 6.04 Å². The molecule has 0 aromatic heterocycles. The first-order chi connectivity index (χ1) is 8.44. The third kappa shape index (κ3) is 3.70. The normalized spacial score (nSPS) is 20.6. The predicted molar refractivity (Wildman–Crippen MR) is 78.2 cm³/mol. The van der Waals surface area contributed by atoms with Crippen LogP contribution in [-0.2, 0) is 10.8 Å². The Morgan fingerprint density at radius 1 is 1.22 bits per heavy atom. The number of nitrogens with one attached hydrogen (secondary N) is 1. The van der Waals surface area contributed by atoms with Gasteiger partial charge < -0.3 is 5.32 Å². The number of hydrogen-bond acceptors (Lipinski definition) is 1. The van der Waals surface area contributed by atoms with Gasteiger partial charge in [0, 0.05) is 14.5 Å². The molecule has 0 spiro atoms. The Morgan fingerprint density at radius 2 is 1.89 bits per heavy atom. The summed E-state index contributed by atoms with van der Waals surface area (Å²) in [6.07, 6.45) is 2.76. The van der Waals surface area contributed by atoms with E-state index in [0.717, 1.165) is 12.8 Å². The van der Waals surface area contributed by atoms with Crippen LogP contribution in [0, 0.1) is 0 Å². The summed E-state index contributed by atoms with van der Waals surface area (Å²) < 4.78 is 0. The number of rotatable bonds is 3. The van der Waals surface area contributed by atoms with Gasteiger partial charge in [-0.3, -0.25) is 4.79 Å². The molecule has 1 aromatic carbocycles. The van der Waals surface area contributed by atoms with Crippen molar-refractivity contribution < 1.29 is 4.79 Å². The number of carbonyl (C=O) groups excluding carboxylic acids is 1. The average molecular weight is 261 g/mol. The smallest absolute Gasteiger partial charge is 0.220 e. The van der Waals surface area contributed by atoms with E-state index < -0.39 is 8.07 Å². The highest BCUT2D eigenvalue weighted by Gasteiger charge is 2.20. The van der Waals surface area contributed by atoms with Crippen molar-refractivity contribution in [1.29, 1.82) is 0 Å². The third-order valence-electron chi connectivity index (χ3n) is 3.35. The largest absolute Gasteiger partial charge is 0.349 e. The lowest BCUT2D eigenvalue weighted by Crippen LogP contribution is -2.32. The lowest BCUT2D eigenvalue weighted by Gasteiger charge is -2.24. The van der Waals surface area contributed by atoms with E-state index in [0.29, 0.717) is 6.42 Å². The standard InChI is InChI=1S/C15H23NOSi/c1-18(2,3)11-12-7-9-13(10-8-12)14-5-4-6-15(17)16-14/h7-10,14H,4-6,11H2,1-3H3,(H,16,17). The van der Waals surface area contributed by atoms with Crippen molar-refractivity contribution in [2.24, 2.45) is 0 Å². The maximum Gasteiger partial charge on any atom is 0.220 e. The first-order valence-electron chi connectivity index (χ1n) is 6.82. The molecule has 1 unspecified atom stereocenters. The SMILES string of the molecule is C[Si](C)(C)Cc1ccc(C2CCCC(=O)N2)cc1. The molecule has 3 heteroatoms. The van der Waals surface area contributed by atoms with Crippen molar-refractivity contribution in [3.8, 4) is 0 Å². The Kier molecular flexibility index (Phi) is 3.90. The topological polar surface area (TPSA) is 29.1 Å². The highest BCUT2D eigenvalue weighted by molar-refractivity contribution is 6.75. The van der Waals surface area contributed by atoms with Crippen molar-refractivity contribution in [2.75, 3.05) is 0 Å². The number of amides is 1. The van der Waals surface area contributed by atoms with Crippen molar-refractivity contribution in [1.82, 2.24) is 5.32 Å². The van der Waals surface area contributed by atoms with Crippen LogP contribution in [0.3, 0.4) is 0 Å². The van der Waals surface area contributed by atoms with Crippen LogP contribution in [0.25, 0.3) is 0 Å². The zero-order chi connectivity index (χ0) is 13.2. The van der Waals surface area contributed by atoms with Crippen LogP contribution >= 0.6 is 0 Å². The van der Waals surface area contributed by atoms with Crippen LogP contribution in [0.2, 0.25) is 19.6 Å². The molecule has 2 rings (SSSR count). The fourth-order valence-corrected chi connectivity index (χ4v) is 4.00. The summed E-state index contributed by atoms with van der Waals surface area (Å²) in [6.45, 7) is 7.17. The van der Waals surface area contributed by atoms with Gasteiger partial charge in [-0.2, -0.15) is 0 Å². The van der Waals surface area contributed by atoms with Gasteiger partial charge in [-0.05, 0) is 24.4 Å². The Hall–Kier alpha value is -1.09. The van der Waals surface area contributed by atoms with E-state index in [2.05, 4.69) is 49.2 Å². The average Bonchev–Trinajstić information content (AvgIpc) is 2.28. The number of hydrogen-bond donors (Lipinski definition) is 1. The summed E-state index contributed by atoms with van der Waals surface area (Å²) in [5.74, 6) is 0.192. The molecule has 0 aliphatic carbocycles. The Balaban J connectivity index is 2.05. The van der Waals surface area contributed by atoms with Crippen molar-refractivity contribution in [2.45, 2.75) is 51.0 Å². The van der Waals surface area contributed by atoms with Gasteiger partial charge in [0.1, 0.15) is 0 Å². The highest BCUT2D eigenvalue weighted by atomic mass is 28.3. The molecular weight excluding hydrogens is 238 g/mol. The Labute approximate surface area is 111 Å². The van der Waals surface area contributed by atoms with Gasteiger partial charge in [0.25, 0.3) is 0 Å². The maximum atomic E-state index is 11.4.